The van der Waals surface area contributed by atoms with Gasteiger partial charge in [-0.3, -0.25) is 14.4 Å². The van der Waals surface area contributed by atoms with Gasteiger partial charge >= 0.3 is 0 Å². The van der Waals surface area contributed by atoms with Crippen molar-refractivity contribution in [3.63, 3.8) is 0 Å². The lowest BCUT2D eigenvalue weighted by atomic mass is 9.81. The molecule has 1 aromatic carbocycles. The topological polar surface area (TPSA) is 115 Å². The molecular formula is C19H27N3O3. The van der Waals surface area contributed by atoms with Gasteiger partial charge in [-0.25, -0.2) is 0 Å². The normalized spacial score (nSPS) is 20.3. The van der Waals surface area contributed by atoms with Crippen LogP contribution in [0, 0.1) is 11.8 Å². The van der Waals surface area contributed by atoms with Gasteiger partial charge in [-0.15, -0.1) is 0 Å². The van der Waals surface area contributed by atoms with Gasteiger partial charge in [0.1, 0.15) is 0 Å². The maximum absolute atomic E-state index is 12.5. The van der Waals surface area contributed by atoms with E-state index in [4.69, 9.17) is 11.5 Å². The van der Waals surface area contributed by atoms with Gasteiger partial charge in [-0.05, 0) is 62.1 Å². The third-order valence-corrected chi connectivity index (χ3v) is 4.75. The Morgan fingerprint density at radius 1 is 0.960 bits per heavy atom. The third-order valence-electron chi connectivity index (χ3n) is 4.75. The SMILES string of the molecule is CC(C)CC1CCC(NC(=O)c2cc(C(N)=O)cc(C(N)=O)c2)CC1. The maximum Gasteiger partial charge on any atom is 0.251 e. The number of hydrogen-bond donors (Lipinski definition) is 3. The van der Waals surface area contributed by atoms with Gasteiger partial charge in [0.25, 0.3) is 5.91 Å². The van der Waals surface area contributed by atoms with Crippen LogP contribution in [-0.4, -0.2) is 23.8 Å². The highest BCUT2D eigenvalue weighted by atomic mass is 16.2. The van der Waals surface area contributed by atoms with Crippen molar-refractivity contribution < 1.29 is 14.4 Å². The first-order chi connectivity index (χ1) is 11.8. The van der Waals surface area contributed by atoms with Crippen LogP contribution in [0.25, 0.3) is 0 Å². The number of carbonyl (C=O) groups is 3. The van der Waals surface area contributed by atoms with Gasteiger partial charge in [-0.1, -0.05) is 13.8 Å². The Bertz CT molecular complexity index is 630. The molecule has 0 radical (unpaired) electrons. The summed E-state index contributed by atoms with van der Waals surface area (Å²) in [7, 11) is 0. The molecule has 0 atom stereocenters. The van der Waals surface area contributed by atoms with E-state index in [1.807, 2.05) is 0 Å². The van der Waals surface area contributed by atoms with E-state index in [1.54, 1.807) is 0 Å². The van der Waals surface area contributed by atoms with Crippen LogP contribution in [0.3, 0.4) is 0 Å². The van der Waals surface area contributed by atoms with Crippen LogP contribution in [0.1, 0.15) is 77.0 Å². The molecule has 25 heavy (non-hydrogen) atoms. The molecule has 0 aromatic heterocycles. The molecule has 1 fully saturated rings. The van der Waals surface area contributed by atoms with Crippen molar-refractivity contribution in [2.24, 2.45) is 23.3 Å². The average molecular weight is 345 g/mol. The largest absolute Gasteiger partial charge is 0.366 e. The molecule has 1 saturated carbocycles. The lowest BCUT2D eigenvalue weighted by molar-refractivity contribution is 0.0920. The lowest BCUT2D eigenvalue weighted by Gasteiger charge is -2.30. The Labute approximate surface area is 148 Å². The molecular weight excluding hydrogens is 318 g/mol. The van der Waals surface area contributed by atoms with Crippen molar-refractivity contribution in [2.75, 3.05) is 0 Å². The number of nitrogens with one attached hydrogen (secondary N) is 1. The number of nitrogens with two attached hydrogens (primary N) is 2. The molecule has 1 aromatic rings. The summed E-state index contributed by atoms with van der Waals surface area (Å²) < 4.78 is 0. The fourth-order valence-electron chi connectivity index (χ4n) is 3.52. The fourth-order valence-corrected chi connectivity index (χ4v) is 3.52. The van der Waals surface area contributed by atoms with E-state index in [9.17, 15) is 14.4 Å². The van der Waals surface area contributed by atoms with Gasteiger partial charge in [0.15, 0.2) is 0 Å². The molecule has 2 rings (SSSR count). The maximum atomic E-state index is 12.5. The average Bonchev–Trinajstić information content (AvgIpc) is 2.55. The van der Waals surface area contributed by atoms with E-state index < -0.39 is 11.8 Å². The van der Waals surface area contributed by atoms with Gasteiger partial charge in [0.05, 0.1) is 0 Å². The van der Waals surface area contributed by atoms with Crippen LogP contribution in [0.5, 0.6) is 0 Å². The zero-order chi connectivity index (χ0) is 18.6. The van der Waals surface area contributed by atoms with E-state index in [2.05, 4.69) is 19.2 Å². The van der Waals surface area contributed by atoms with Crippen molar-refractivity contribution in [1.29, 1.82) is 0 Å². The van der Waals surface area contributed by atoms with Gasteiger partial charge in [0.2, 0.25) is 11.8 Å². The molecule has 5 N–H and O–H groups in total. The zero-order valence-corrected chi connectivity index (χ0v) is 14.9. The summed E-state index contributed by atoms with van der Waals surface area (Å²) in [5.74, 6) is -0.289. The Morgan fingerprint density at radius 3 is 1.88 bits per heavy atom. The first kappa shape index (κ1) is 19.0. The minimum atomic E-state index is -0.702. The summed E-state index contributed by atoms with van der Waals surface area (Å²) in [5.41, 5.74) is 11.0. The van der Waals surface area contributed by atoms with Crippen LogP contribution >= 0.6 is 0 Å². The summed E-state index contributed by atoms with van der Waals surface area (Å²) >= 11 is 0. The Hall–Kier alpha value is -2.37. The summed E-state index contributed by atoms with van der Waals surface area (Å²) in [6, 6.07) is 4.21. The molecule has 1 aliphatic carbocycles. The zero-order valence-electron chi connectivity index (χ0n) is 14.9. The van der Waals surface area contributed by atoms with Gasteiger partial charge < -0.3 is 16.8 Å². The van der Waals surface area contributed by atoms with E-state index >= 15 is 0 Å². The van der Waals surface area contributed by atoms with E-state index in [0.717, 1.165) is 31.6 Å². The van der Waals surface area contributed by atoms with Crippen molar-refractivity contribution in [1.82, 2.24) is 5.32 Å². The number of benzene rings is 1. The van der Waals surface area contributed by atoms with Crippen LogP contribution in [0.4, 0.5) is 0 Å². The number of amides is 3. The summed E-state index contributed by atoms with van der Waals surface area (Å²) in [6.45, 7) is 4.46. The van der Waals surface area contributed by atoms with Crippen LogP contribution in [0.15, 0.2) is 18.2 Å². The second kappa shape index (κ2) is 8.14. The highest BCUT2D eigenvalue weighted by Gasteiger charge is 2.24. The fraction of sp³-hybridized carbons (Fsp3) is 0.526. The third kappa shape index (κ3) is 5.31. The van der Waals surface area contributed by atoms with Gasteiger partial charge in [0, 0.05) is 22.7 Å². The molecule has 0 heterocycles. The predicted octanol–water partition coefficient (Wildman–Crippen LogP) is 2.22. The number of carbonyl (C=O) groups excluding carboxylic acids is 3. The standard InChI is InChI=1S/C19H27N3O3/c1-11(2)7-12-3-5-16(6-4-12)22-19(25)15-9-13(17(20)23)8-14(10-15)18(21)24/h8-12,16H,3-7H2,1-2H3,(H2,20,23)(H2,21,24)(H,22,25). The van der Waals surface area contributed by atoms with Crippen molar-refractivity contribution in [3.05, 3.63) is 34.9 Å². The van der Waals surface area contributed by atoms with E-state index in [0.29, 0.717) is 5.92 Å². The minimum absolute atomic E-state index is 0.0992. The molecule has 0 aliphatic heterocycles. The first-order valence-electron chi connectivity index (χ1n) is 8.81. The highest BCUT2D eigenvalue weighted by Crippen LogP contribution is 2.29. The molecule has 6 heteroatoms. The van der Waals surface area contributed by atoms with Crippen molar-refractivity contribution >= 4 is 17.7 Å². The predicted molar refractivity (Wildman–Crippen MR) is 96.1 cm³/mol. The van der Waals surface area contributed by atoms with Crippen LogP contribution < -0.4 is 16.8 Å². The molecule has 136 valence electrons. The molecule has 3 amide bonds. The summed E-state index contributed by atoms with van der Waals surface area (Å²) in [6.07, 6.45) is 5.33. The molecule has 0 unspecified atom stereocenters. The monoisotopic (exact) mass is 345 g/mol. The number of hydrogen-bond acceptors (Lipinski definition) is 3. The second-order valence-corrected chi connectivity index (χ2v) is 7.35. The lowest BCUT2D eigenvalue weighted by Crippen LogP contribution is -2.38. The molecule has 6 nitrogen and oxygen atoms in total. The Morgan fingerprint density at radius 2 is 1.44 bits per heavy atom. The number of primary amides is 2. The second-order valence-electron chi connectivity index (χ2n) is 7.35. The number of rotatable bonds is 6. The summed E-state index contributed by atoms with van der Waals surface area (Å²) in [5, 5.41) is 3.00. The molecule has 0 spiro atoms. The van der Waals surface area contributed by atoms with E-state index in [-0.39, 0.29) is 28.6 Å². The highest BCUT2D eigenvalue weighted by molar-refractivity contribution is 6.03. The molecule has 0 saturated heterocycles. The smallest absolute Gasteiger partial charge is 0.251 e. The van der Waals surface area contributed by atoms with Crippen LogP contribution in [0.2, 0.25) is 0 Å². The molecule has 1 aliphatic rings. The molecule has 0 bridgehead atoms. The van der Waals surface area contributed by atoms with E-state index in [1.165, 1.54) is 24.6 Å². The quantitative estimate of drug-likeness (QED) is 0.734. The van der Waals surface area contributed by atoms with Gasteiger partial charge in [-0.2, -0.15) is 0 Å². The Kier molecular flexibility index (Phi) is 6.17. The summed E-state index contributed by atoms with van der Waals surface area (Å²) in [4.78, 5) is 35.3. The first-order valence-corrected chi connectivity index (χ1v) is 8.81. The Balaban J connectivity index is 2.04. The minimum Gasteiger partial charge on any atom is -0.366 e. The van der Waals surface area contributed by atoms with Crippen LogP contribution in [-0.2, 0) is 0 Å². The van der Waals surface area contributed by atoms with Crippen molar-refractivity contribution in [3.8, 4) is 0 Å². The van der Waals surface area contributed by atoms with Crippen molar-refractivity contribution in [2.45, 2.75) is 52.0 Å².